The average Bonchev–Trinajstić information content (AvgIpc) is 2.96. The summed E-state index contributed by atoms with van der Waals surface area (Å²) >= 11 is 0. The molecule has 9 atom stereocenters. The molecule has 5 aliphatic rings. The third-order valence-electron chi connectivity index (χ3n) is 14.7. The van der Waals surface area contributed by atoms with Crippen LogP contribution in [0.4, 0.5) is 0 Å². The minimum atomic E-state index is -0.814. The van der Waals surface area contributed by atoms with Gasteiger partial charge in [0.25, 0.3) is 0 Å². The number of hydrogen-bond donors (Lipinski definition) is 4. The van der Waals surface area contributed by atoms with Crippen molar-refractivity contribution < 1.29 is 34.8 Å². The van der Waals surface area contributed by atoms with E-state index in [-0.39, 0.29) is 45.0 Å². The molecule has 6 rings (SSSR count). The summed E-state index contributed by atoms with van der Waals surface area (Å²) in [6.45, 7) is 16.1. The van der Waals surface area contributed by atoms with Gasteiger partial charge in [-0.05, 0) is 126 Å². The number of aliphatic hydroxyl groups is 1. The van der Waals surface area contributed by atoms with Gasteiger partial charge in [-0.15, -0.1) is 0 Å². The molecule has 7 nitrogen and oxygen atoms in total. The second kappa shape index (κ2) is 10.6. The Balaban J connectivity index is 1.32. The number of esters is 1. The average molecular weight is 635 g/mol. The minimum absolute atomic E-state index is 0.0522. The number of benzene rings is 1. The smallest absolute Gasteiger partial charge is 0.331 e. The van der Waals surface area contributed by atoms with Gasteiger partial charge in [0.1, 0.15) is 6.10 Å². The summed E-state index contributed by atoms with van der Waals surface area (Å²) in [7, 11) is 0. The van der Waals surface area contributed by atoms with Gasteiger partial charge in [0.15, 0.2) is 11.5 Å². The molecular formula is C39H54O7. The maximum atomic E-state index is 13.1. The fourth-order valence-electron chi connectivity index (χ4n) is 11.8. The lowest BCUT2D eigenvalue weighted by atomic mass is 9.33. The van der Waals surface area contributed by atoms with E-state index in [2.05, 4.69) is 54.5 Å². The molecule has 4 fully saturated rings. The Bertz CT molecular complexity index is 1490. The molecule has 4 N–H and O–H groups in total. The molecule has 0 unspecified atom stereocenters. The van der Waals surface area contributed by atoms with E-state index in [1.807, 2.05) is 0 Å². The van der Waals surface area contributed by atoms with E-state index < -0.39 is 35.0 Å². The molecule has 0 saturated heterocycles. The van der Waals surface area contributed by atoms with Crippen LogP contribution in [0.5, 0.6) is 11.5 Å². The van der Waals surface area contributed by atoms with E-state index in [4.69, 9.17) is 4.74 Å². The van der Waals surface area contributed by atoms with Crippen molar-refractivity contribution in [1.29, 1.82) is 0 Å². The van der Waals surface area contributed by atoms with Crippen molar-refractivity contribution in [2.24, 2.45) is 50.2 Å². The van der Waals surface area contributed by atoms with Crippen LogP contribution in [0.15, 0.2) is 35.9 Å². The molecule has 252 valence electrons. The highest BCUT2D eigenvalue weighted by Crippen LogP contribution is 2.75. The Morgan fingerprint density at radius 1 is 0.891 bits per heavy atom. The zero-order valence-electron chi connectivity index (χ0n) is 28.7. The fourth-order valence-corrected chi connectivity index (χ4v) is 11.8. The number of carbonyl (C=O) groups is 2. The van der Waals surface area contributed by atoms with Crippen molar-refractivity contribution in [2.75, 3.05) is 0 Å². The highest BCUT2D eigenvalue weighted by atomic mass is 16.6. The lowest BCUT2D eigenvalue weighted by molar-refractivity contribution is -0.237. The maximum absolute atomic E-state index is 13.1. The number of aliphatic hydroxyl groups excluding tert-OH is 1. The first-order chi connectivity index (χ1) is 21.3. The van der Waals surface area contributed by atoms with Crippen molar-refractivity contribution in [3.05, 3.63) is 41.5 Å². The highest BCUT2D eigenvalue weighted by Gasteiger charge is 2.70. The molecule has 0 heterocycles. The van der Waals surface area contributed by atoms with Gasteiger partial charge in [0, 0.05) is 6.08 Å². The van der Waals surface area contributed by atoms with Crippen LogP contribution in [-0.2, 0) is 14.3 Å². The van der Waals surface area contributed by atoms with E-state index in [1.54, 1.807) is 6.07 Å². The van der Waals surface area contributed by atoms with E-state index in [1.165, 1.54) is 29.9 Å². The standard InChI is InChI=1S/C39H54O7/c1-34(2)16-18-39(33(44)45)19-17-37(6)24(25(39)21-34)10-12-30-36(5)22-28(32(43)35(3,4)29(36)14-15-38(30,37)7)46-31(42)13-9-23-8-11-26(40)27(41)20-23/h8-11,13,20,25,28-30,32,40-41,43H,12,14-19,21-22H2,1-7H3,(H,44,45)/b13-9+/t25-,28-,29+,30-,32+,36+,37-,38-,39+/m1/s1. The Kier molecular flexibility index (Phi) is 7.63. The largest absolute Gasteiger partial charge is 0.504 e. The third kappa shape index (κ3) is 4.69. The van der Waals surface area contributed by atoms with Crippen molar-refractivity contribution in [2.45, 2.75) is 118 Å². The number of aliphatic carboxylic acids is 1. The summed E-state index contributed by atoms with van der Waals surface area (Å²) < 4.78 is 6.04. The molecule has 0 bridgehead atoms. The topological polar surface area (TPSA) is 124 Å². The fraction of sp³-hybridized carbons (Fsp3) is 0.692. The van der Waals surface area contributed by atoms with Crippen molar-refractivity contribution in [3.63, 3.8) is 0 Å². The molecule has 0 aliphatic heterocycles. The lowest BCUT2D eigenvalue weighted by Gasteiger charge is -2.71. The molecule has 0 amide bonds. The summed E-state index contributed by atoms with van der Waals surface area (Å²) in [4.78, 5) is 26.1. The highest BCUT2D eigenvalue weighted by molar-refractivity contribution is 5.87. The molecule has 0 aromatic heterocycles. The Morgan fingerprint density at radius 2 is 1.59 bits per heavy atom. The number of carbonyl (C=O) groups excluding carboxylic acids is 1. The molecular weight excluding hydrogens is 580 g/mol. The first-order valence-corrected chi connectivity index (χ1v) is 17.3. The minimum Gasteiger partial charge on any atom is -0.504 e. The number of allylic oxidation sites excluding steroid dienone is 2. The van der Waals surface area contributed by atoms with E-state index in [0.717, 1.165) is 51.4 Å². The number of phenols is 2. The molecule has 0 radical (unpaired) electrons. The molecule has 0 spiro atoms. The number of ether oxygens (including phenoxy) is 1. The van der Waals surface area contributed by atoms with Gasteiger partial charge >= 0.3 is 11.9 Å². The van der Waals surface area contributed by atoms with Gasteiger partial charge in [-0.2, -0.15) is 0 Å². The quantitative estimate of drug-likeness (QED) is 0.115. The molecule has 5 aliphatic carbocycles. The number of hydrogen-bond acceptors (Lipinski definition) is 6. The molecule has 4 saturated carbocycles. The van der Waals surface area contributed by atoms with Crippen molar-refractivity contribution in [3.8, 4) is 11.5 Å². The van der Waals surface area contributed by atoms with Gasteiger partial charge in [-0.1, -0.05) is 66.2 Å². The van der Waals surface area contributed by atoms with Crippen LogP contribution < -0.4 is 0 Å². The normalized spacial score (nSPS) is 42.5. The van der Waals surface area contributed by atoms with E-state index in [9.17, 15) is 30.0 Å². The monoisotopic (exact) mass is 634 g/mol. The summed E-state index contributed by atoms with van der Waals surface area (Å²) in [6, 6.07) is 4.33. The van der Waals surface area contributed by atoms with Crippen LogP contribution in [-0.4, -0.2) is 44.6 Å². The molecule has 1 aromatic rings. The van der Waals surface area contributed by atoms with E-state index >= 15 is 0 Å². The van der Waals surface area contributed by atoms with Gasteiger partial charge in [0.05, 0.1) is 11.5 Å². The Labute approximate surface area is 274 Å². The summed E-state index contributed by atoms with van der Waals surface area (Å²) in [6.07, 6.45) is 11.4. The predicted octanol–water partition coefficient (Wildman–Crippen LogP) is 7.88. The van der Waals surface area contributed by atoms with Gasteiger partial charge in [-0.3, -0.25) is 4.79 Å². The second-order valence-corrected chi connectivity index (χ2v) is 17.7. The van der Waals surface area contributed by atoms with Gasteiger partial charge in [0.2, 0.25) is 0 Å². The van der Waals surface area contributed by atoms with Crippen LogP contribution in [0, 0.1) is 50.2 Å². The van der Waals surface area contributed by atoms with Crippen LogP contribution in [0.25, 0.3) is 6.08 Å². The Hall–Kier alpha value is -2.80. The number of phenolic OH excluding ortho intramolecular Hbond substituents is 2. The van der Waals surface area contributed by atoms with Crippen LogP contribution in [0.2, 0.25) is 0 Å². The number of rotatable bonds is 4. The zero-order chi connectivity index (χ0) is 33.7. The number of carboxylic acids is 1. The summed E-state index contributed by atoms with van der Waals surface area (Å²) in [5.74, 6) is -1.08. The second-order valence-electron chi connectivity index (χ2n) is 17.7. The van der Waals surface area contributed by atoms with Gasteiger partial charge in [-0.25, -0.2) is 4.79 Å². The number of fused-ring (bicyclic) bond motifs is 7. The summed E-state index contributed by atoms with van der Waals surface area (Å²) in [5, 5.41) is 41.7. The Morgan fingerprint density at radius 3 is 2.26 bits per heavy atom. The van der Waals surface area contributed by atoms with Crippen LogP contribution in [0.1, 0.15) is 112 Å². The van der Waals surface area contributed by atoms with Crippen molar-refractivity contribution in [1.82, 2.24) is 0 Å². The predicted molar refractivity (Wildman–Crippen MR) is 177 cm³/mol. The first kappa shape index (κ1) is 33.1. The number of carboxylic acid groups (broad SMARTS) is 1. The lowest BCUT2D eigenvalue weighted by Crippen LogP contribution is -2.67. The zero-order valence-corrected chi connectivity index (χ0v) is 28.7. The summed E-state index contributed by atoms with van der Waals surface area (Å²) in [5.41, 5.74) is 0.521. The number of aromatic hydroxyl groups is 2. The van der Waals surface area contributed by atoms with Crippen molar-refractivity contribution >= 4 is 18.0 Å². The molecule has 46 heavy (non-hydrogen) atoms. The first-order valence-electron chi connectivity index (χ1n) is 17.3. The maximum Gasteiger partial charge on any atom is 0.331 e. The molecule has 1 aromatic carbocycles. The SMILES string of the molecule is CC1(C)CC[C@]2(C(=O)O)CC[C@]3(C)C(=CC[C@@H]4[C@@]5(C)C[C@@H](OC(=O)/C=C/c6ccc(O)c(O)c6)[C@H](O)C(C)(C)[C@@H]5CC[C@]43C)[C@H]2C1. The van der Waals surface area contributed by atoms with Crippen LogP contribution >= 0.6 is 0 Å². The molecule has 7 heteroatoms. The van der Waals surface area contributed by atoms with E-state index in [0.29, 0.717) is 17.9 Å². The third-order valence-corrected chi connectivity index (χ3v) is 14.7. The van der Waals surface area contributed by atoms with Crippen LogP contribution in [0.3, 0.4) is 0 Å². The van der Waals surface area contributed by atoms with Gasteiger partial charge < -0.3 is 25.2 Å².